The molecule has 218 valence electrons. The van der Waals surface area contributed by atoms with Crippen LogP contribution in [0.25, 0.3) is 11.2 Å². The molecule has 11 heteroatoms. The maximum atomic E-state index is 13.6. The van der Waals surface area contributed by atoms with Crippen molar-refractivity contribution < 1.29 is 32.2 Å². The van der Waals surface area contributed by atoms with Gasteiger partial charge in [0.1, 0.15) is 22.5 Å². The van der Waals surface area contributed by atoms with E-state index in [1.807, 2.05) is 17.7 Å². The summed E-state index contributed by atoms with van der Waals surface area (Å²) in [5, 5.41) is 0. The van der Waals surface area contributed by atoms with Crippen molar-refractivity contribution in [3.8, 4) is 0 Å². The minimum atomic E-state index is -4.45. The van der Waals surface area contributed by atoms with Crippen molar-refractivity contribution in [2.24, 2.45) is 13.0 Å². The Morgan fingerprint density at radius 1 is 1.18 bits per heavy atom. The van der Waals surface area contributed by atoms with Crippen LogP contribution in [0, 0.1) is 5.92 Å². The quantitative estimate of drug-likeness (QED) is 0.360. The number of hydrogen-bond acceptors (Lipinski definition) is 6. The van der Waals surface area contributed by atoms with Crippen molar-refractivity contribution in [1.29, 1.82) is 0 Å². The highest BCUT2D eigenvalue weighted by molar-refractivity contribution is 5.95. The summed E-state index contributed by atoms with van der Waals surface area (Å²) in [6.07, 6.45) is -4.58. The molecule has 0 N–H and O–H groups in total. The average molecular weight is 555 g/mol. The van der Waals surface area contributed by atoms with Gasteiger partial charge in [0.25, 0.3) is 0 Å². The molecule has 1 amide bonds. The SMILES string of the molecule is Cn1c(C(C)(C)C)cc2ncc(C(=O)CCC[C@@H](CC(F)(F)F)[C@@H]3COC(C)(C)N3C(=O)OC(C)(C)C)nc21. The number of aryl methyl sites for hydroxylation is 1. The van der Waals surface area contributed by atoms with E-state index < -0.39 is 42.0 Å². The summed E-state index contributed by atoms with van der Waals surface area (Å²) >= 11 is 0. The summed E-state index contributed by atoms with van der Waals surface area (Å²) < 4.78 is 54.0. The number of rotatable bonds is 7. The van der Waals surface area contributed by atoms with E-state index in [1.54, 1.807) is 34.6 Å². The maximum Gasteiger partial charge on any atom is 0.412 e. The fraction of sp³-hybridized carbons (Fsp3) is 0.714. The first-order valence-corrected chi connectivity index (χ1v) is 13.3. The molecule has 0 unspecified atom stereocenters. The molecule has 1 saturated heterocycles. The van der Waals surface area contributed by atoms with Gasteiger partial charge in [-0.05, 0) is 59.4 Å². The summed E-state index contributed by atoms with van der Waals surface area (Å²) in [6, 6.07) is 1.10. The van der Waals surface area contributed by atoms with Crippen molar-refractivity contribution in [2.45, 2.75) is 110 Å². The first-order chi connectivity index (χ1) is 17.7. The summed E-state index contributed by atoms with van der Waals surface area (Å²) in [7, 11) is 1.87. The number of Topliss-reactive ketones (excluding diaryl/α,β-unsaturated/α-hetero) is 1. The summed E-state index contributed by atoms with van der Waals surface area (Å²) in [4.78, 5) is 36.2. The summed E-state index contributed by atoms with van der Waals surface area (Å²) in [5.74, 6) is -1.26. The Kier molecular flexibility index (Phi) is 8.47. The van der Waals surface area contributed by atoms with Crippen LogP contribution in [0.3, 0.4) is 0 Å². The van der Waals surface area contributed by atoms with E-state index in [-0.39, 0.29) is 42.8 Å². The first-order valence-electron chi connectivity index (χ1n) is 13.3. The monoisotopic (exact) mass is 554 g/mol. The van der Waals surface area contributed by atoms with Crippen molar-refractivity contribution in [3.63, 3.8) is 0 Å². The molecule has 0 aromatic carbocycles. The normalized spacial score (nSPS) is 19.0. The van der Waals surface area contributed by atoms with Crippen molar-refractivity contribution in [3.05, 3.63) is 23.7 Å². The number of amides is 1. The molecule has 2 aromatic heterocycles. The molecule has 0 saturated carbocycles. The van der Waals surface area contributed by atoms with Gasteiger partial charge in [-0.3, -0.25) is 14.7 Å². The molecule has 0 radical (unpaired) electrons. The fourth-order valence-corrected chi connectivity index (χ4v) is 5.16. The molecule has 0 aliphatic carbocycles. The lowest BCUT2D eigenvalue weighted by Crippen LogP contribution is -2.52. The van der Waals surface area contributed by atoms with Gasteiger partial charge in [-0.15, -0.1) is 0 Å². The summed E-state index contributed by atoms with van der Waals surface area (Å²) in [6.45, 7) is 14.5. The van der Waals surface area contributed by atoms with Crippen LogP contribution >= 0.6 is 0 Å². The number of alkyl halides is 3. The fourth-order valence-electron chi connectivity index (χ4n) is 5.16. The smallest absolute Gasteiger partial charge is 0.412 e. The molecule has 0 bridgehead atoms. The molecular weight excluding hydrogens is 513 g/mol. The number of ketones is 1. The number of nitrogens with zero attached hydrogens (tertiary/aromatic N) is 4. The Morgan fingerprint density at radius 2 is 1.82 bits per heavy atom. The van der Waals surface area contributed by atoms with Crippen LogP contribution < -0.4 is 0 Å². The average Bonchev–Trinajstić information content (AvgIpc) is 3.26. The van der Waals surface area contributed by atoms with Crippen LogP contribution in [0.4, 0.5) is 18.0 Å². The van der Waals surface area contributed by atoms with Crippen LogP contribution in [-0.2, 0) is 21.9 Å². The molecule has 3 heterocycles. The van der Waals surface area contributed by atoms with Gasteiger partial charge in [0.05, 0.1) is 18.8 Å². The molecule has 1 aliphatic heterocycles. The number of carbonyl (C=O) groups is 2. The van der Waals surface area contributed by atoms with E-state index in [2.05, 4.69) is 30.7 Å². The molecule has 1 aliphatic rings. The van der Waals surface area contributed by atoms with Gasteiger partial charge in [0.15, 0.2) is 11.4 Å². The van der Waals surface area contributed by atoms with Crippen LogP contribution in [0.15, 0.2) is 12.3 Å². The molecule has 2 aromatic rings. The van der Waals surface area contributed by atoms with Crippen LogP contribution in [0.5, 0.6) is 0 Å². The van der Waals surface area contributed by atoms with E-state index in [0.29, 0.717) is 11.2 Å². The molecule has 8 nitrogen and oxygen atoms in total. The Labute approximate surface area is 228 Å². The van der Waals surface area contributed by atoms with Gasteiger partial charge in [0.2, 0.25) is 0 Å². The van der Waals surface area contributed by atoms with Gasteiger partial charge < -0.3 is 14.0 Å². The molecular formula is C28H41F3N4O4. The third kappa shape index (κ3) is 7.49. The van der Waals surface area contributed by atoms with E-state index in [1.165, 1.54) is 11.1 Å². The minimum absolute atomic E-state index is 0.00843. The third-order valence-electron chi connectivity index (χ3n) is 6.91. The zero-order chi connectivity index (χ0) is 29.6. The molecule has 0 spiro atoms. The Bertz CT molecular complexity index is 1210. The lowest BCUT2D eigenvalue weighted by atomic mass is 9.89. The molecule has 2 atom stereocenters. The number of carbonyl (C=O) groups excluding carboxylic acids is 2. The van der Waals surface area contributed by atoms with Gasteiger partial charge in [-0.25, -0.2) is 9.78 Å². The lowest BCUT2D eigenvalue weighted by Gasteiger charge is -2.38. The van der Waals surface area contributed by atoms with Crippen molar-refractivity contribution in [1.82, 2.24) is 19.4 Å². The van der Waals surface area contributed by atoms with Gasteiger partial charge in [0, 0.05) is 31.0 Å². The number of halogens is 3. The highest BCUT2D eigenvalue weighted by Crippen LogP contribution is 2.39. The lowest BCUT2D eigenvalue weighted by molar-refractivity contribution is -0.150. The van der Waals surface area contributed by atoms with Crippen LogP contribution in [0.1, 0.15) is 97.3 Å². The predicted octanol–water partition coefficient (Wildman–Crippen LogP) is 6.56. The topological polar surface area (TPSA) is 86.6 Å². The van der Waals surface area contributed by atoms with Gasteiger partial charge in [-0.1, -0.05) is 20.8 Å². The van der Waals surface area contributed by atoms with Crippen molar-refractivity contribution in [2.75, 3.05) is 6.61 Å². The van der Waals surface area contributed by atoms with Crippen molar-refractivity contribution >= 4 is 23.0 Å². The highest BCUT2D eigenvalue weighted by atomic mass is 19.4. The minimum Gasteiger partial charge on any atom is -0.444 e. The van der Waals surface area contributed by atoms with E-state index >= 15 is 0 Å². The van der Waals surface area contributed by atoms with Gasteiger partial charge >= 0.3 is 12.3 Å². The first kappa shape index (κ1) is 30.8. The Balaban J connectivity index is 1.76. The Morgan fingerprint density at radius 3 is 2.38 bits per heavy atom. The number of hydrogen-bond donors (Lipinski definition) is 0. The van der Waals surface area contributed by atoms with Crippen LogP contribution in [0.2, 0.25) is 0 Å². The number of fused-ring (bicyclic) bond motifs is 1. The highest BCUT2D eigenvalue weighted by Gasteiger charge is 2.50. The zero-order valence-corrected chi connectivity index (χ0v) is 24.4. The standard InChI is InChI=1S/C28H41F3N4O4/c1-25(2,3)22-13-18-23(34(22)9)33-19(15-32-18)21(36)12-10-11-17(14-28(29,30)31)20-16-38-27(7,8)35(20)24(37)39-26(4,5)6/h13,15,17,20H,10-12,14,16H2,1-9H3/t17-,20-/m0/s1. The molecule has 1 fully saturated rings. The molecule has 3 rings (SSSR count). The Hall–Kier alpha value is -2.69. The van der Waals surface area contributed by atoms with Gasteiger partial charge in [-0.2, -0.15) is 13.2 Å². The number of aromatic nitrogens is 3. The zero-order valence-electron chi connectivity index (χ0n) is 24.4. The second-order valence-corrected chi connectivity index (χ2v) is 12.9. The largest absolute Gasteiger partial charge is 0.444 e. The second kappa shape index (κ2) is 10.7. The van der Waals surface area contributed by atoms with E-state index in [9.17, 15) is 22.8 Å². The van der Waals surface area contributed by atoms with E-state index in [0.717, 1.165) is 5.69 Å². The van der Waals surface area contributed by atoms with E-state index in [4.69, 9.17) is 9.47 Å². The third-order valence-corrected chi connectivity index (χ3v) is 6.91. The summed E-state index contributed by atoms with van der Waals surface area (Å²) in [5.41, 5.74) is 0.374. The number of ether oxygens (including phenoxy) is 2. The second-order valence-electron chi connectivity index (χ2n) is 12.9. The molecule has 39 heavy (non-hydrogen) atoms. The predicted molar refractivity (Wildman–Crippen MR) is 141 cm³/mol. The van der Waals surface area contributed by atoms with Crippen LogP contribution in [-0.4, -0.2) is 61.5 Å². The maximum absolute atomic E-state index is 13.6.